The Morgan fingerprint density at radius 2 is 2.37 bits per heavy atom. The highest BCUT2D eigenvalue weighted by Gasteiger charge is 2.25. The smallest absolute Gasteiger partial charge is 0.305 e. The topological polar surface area (TPSA) is 75.8 Å². The lowest BCUT2D eigenvalue weighted by atomic mass is 10.1. The normalized spacial score (nSPS) is 20.4. The monoisotopic (exact) mass is 270 g/mol. The largest absolute Gasteiger partial charge is 0.395 e. The van der Waals surface area contributed by atoms with Crippen LogP contribution in [0.15, 0.2) is 18.2 Å². The third-order valence-corrected chi connectivity index (χ3v) is 3.19. The van der Waals surface area contributed by atoms with Gasteiger partial charge in [-0.15, -0.1) is 0 Å². The molecule has 1 aromatic carbocycles. The summed E-state index contributed by atoms with van der Waals surface area (Å²) >= 11 is 0. The van der Waals surface area contributed by atoms with Gasteiger partial charge in [0.2, 0.25) is 5.82 Å². The van der Waals surface area contributed by atoms with Gasteiger partial charge in [0.15, 0.2) is 0 Å². The molecule has 1 aliphatic heterocycles. The molecule has 1 N–H and O–H groups in total. The van der Waals surface area contributed by atoms with Crippen LogP contribution in [0.5, 0.6) is 0 Å². The SMILES string of the molecule is O=[N+]([O-])c1cccc(CN2CCOCC2CO)c1F. The summed E-state index contributed by atoms with van der Waals surface area (Å²) in [4.78, 5) is 11.8. The summed E-state index contributed by atoms with van der Waals surface area (Å²) < 4.78 is 19.2. The summed E-state index contributed by atoms with van der Waals surface area (Å²) in [6.07, 6.45) is 0. The van der Waals surface area contributed by atoms with E-state index in [1.807, 2.05) is 4.90 Å². The third kappa shape index (κ3) is 3.06. The molecule has 1 aliphatic rings. The van der Waals surface area contributed by atoms with Gasteiger partial charge in [-0.3, -0.25) is 15.0 Å². The highest BCUT2D eigenvalue weighted by molar-refractivity contribution is 5.36. The van der Waals surface area contributed by atoms with E-state index in [4.69, 9.17) is 4.74 Å². The highest BCUT2D eigenvalue weighted by atomic mass is 19.1. The summed E-state index contributed by atoms with van der Waals surface area (Å²) in [5.74, 6) is -0.810. The molecular weight excluding hydrogens is 255 g/mol. The minimum Gasteiger partial charge on any atom is -0.395 e. The van der Waals surface area contributed by atoms with E-state index in [2.05, 4.69) is 0 Å². The number of nitro groups is 1. The van der Waals surface area contributed by atoms with Crippen LogP contribution >= 0.6 is 0 Å². The number of nitro benzene ring substituents is 1. The molecule has 0 radical (unpaired) electrons. The van der Waals surface area contributed by atoms with Crippen LogP contribution in [0.2, 0.25) is 0 Å². The first-order valence-corrected chi connectivity index (χ1v) is 5.98. The van der Waals surface area contributed by atoms with E-state index in [-0.39, 0.29) is 24.8 Å². The second kappa shape index (κ2) is 6.05. The molecule has 6 nitrogen and oxygen atoms in total. The van der Waals surface area contributed by atoms with Crippen molar-refractivity contribution in [1.29, 1.82) is 0 Å². The zero-order chi connectivity index (χ0) is 13.8. The number of aliphatic hydroxyl groups excluding tert-OH is 1. The molecule has 0 aliphatic carbocycles. The molecule has 0 aromatic heterocycles. The summed E-state index contributed by atoms with van der Waals surface area (Å²) in [5.41, 5.74) is -0.263. The number of rotatable bonds is 4. The molecule has 1 fully saturated rings. The van der Waals surface area contributed by atoms with Crippen molar-refractivity contribution >= 4 is 5.69 Å². The van der Waals surface area contributed by atoms with Crippen LogP contribution in [0.1, 0.15) is 5.56 Å². The van der Waals surface area contributed by atoms with Gasteiger partial charge in [-0.25, -0.2) is 0 Å². The molecule has 1 heterocycles. The summed E-state index contributed by atoms with van der Waals surface area (Å²) in [6, 6.07) is 3.92. The van der Waals surface area contributed by atoms with Crippen LogP contribution in [0.4, 0.5) is 10.1 Å². The molecule has 0 saturated carbocycles. The Bertz CT molecular complexity index is 469. The Balaban J connectivity index is 2.18. The van der Waals surface area contributed by atoms with Crippen LogP contribution in [-0.2, 0) is 11.3 Å². The van der Waals surface area contributed by atoms with Gasteiger partial charge >= 0.3 is 5.69 Å². The van der Waals surface area contributed by atoms with Crippen molar-refractivity contribution in [2.45, 2.75) is 12.6 Å². The lowest BCUT2D eigenvalue weighted by molar-refractivity contribution is -0.387. The predicted octanol–water partition coefficient (Wildman–Crippen LogP) is 0.927. The van der Waals surface area contributed by atoms with Gasteiger partial charge in [0, 0.05) is 24.7 Å². The van der Waals surface area contributed by atoms with Gasteiger partial charge in [-0.2, -0.15) is 4.39 Å². The van der Waals surface area contributed by atoms with E-state index in [0.29, 0.717) is 19.8 Å². The summed E-state index contributed by atoms with van der Waals surface area (Å²) in [5, 5.41) is 19.9. The Kier molecular flexibility index (Phi) is 4.41. The molecule has 0 amide bonds. The van der Waals surface area contributed by atoms with Crippen molar-refractivity contribution in [3.8, 4) is 0 Å². The van der Waals surface area contributed by atoms with Crippen molar-refractivity contribution in [1.82, 2.24) is 4.90 Å². The lowest BCUT2D eigenvalue weighted by Crippen LogP contribution is -2.46. The quantitative estimate of drug-likeness (QED) is 0.650. The van der Waals surface area contributed by atoms with Crippen molar-refractivity contribution in [3.63, 3.8) is 0 Å². The van der Waals surface area contributed by atoms with Crippen LogP contribution in [0, 0.1) is 15.9 Å². The van der Waals surface area contributed by atoms with E-state index in [1.54, 1.807) is 0 Å². The second-order valence-electron chi connectivity index (χ2n) is 4.39. The Labute approximate surface area is 109 Å². The van der Waals surface area contributed by atoms with Crippen molar-refractivity contribution < 1.29 is 19.2 Å². The molecule has 1 atom stereocenters. The number of nitrogens with zero attached hydrogens (tertiary/aromatic N) is 2. The second-order valence-corrected chi connectivity index (χ2v) is 4.39. The fraction of sp³-hybridized carbons (Fsp3) is 0.500. The van der Waals surface area contributed by atoms with Crippen LogP contribution in [-0.4, -0.2) is 47.3 Å². The molecular formula is C12H15FN2O4. The number of hydrogen-bond donors (Lipinski definition) is 1. The Morgan fingerprint density at radius 3 is 3.05 bits per heavy atom. The Hall–Kier alpha value is -1.57. The lowest BCUT2D eigenvalue weighted by Gasteiger charge is -2.34. The number of halogens is 1. The van der Waals surface area contributed by atoms with Crippen molar-refractivity contribution in [2.75, 3.05) is 26.4 Å². The molecule has 0 spiro atoms. The molecule has 7 heteroatoms. The van der Waals surface area contributed by atoms with Gasteiger partial charge in [0.1, 0.15) is 0 Å². The van der Waals surface area contributed by atoms with Crippen molar-refractivity contribution in [2.24, 2.45) is 0 Å². The summed E-state index contributed by atoms with van der Waals surface area (Å²) in [6.45, 7) is 1.59. The average Bonchev–Trinajstić information content (AvgIpc) is 2.41. The maximum Gasteiger partial charge on any atom is 0.305 e. The predicted molar refractivity (Wildman–Crippen MR) is 65.2 cm³/mol. The number of hydrogen-bond acceptors (Lipinski definition) is 5. The van der Waals surface area contributed by atoms with Gasteiger partial charge in [0.05, 0.1) is 30.8 Å². The fourth-order valence-corrected chi connectivity index (χ4v) is 2.11. The summed E-state index contributed by atoms with van der Waals surface area (Å²) in [7, 11) is 0. The maximum atomic E-state index is 13.9. The minimum atomic E-state index is -0.810. The van der Waals surface area contributed by atoms with Gasteiger partial charge in [-0.05, 0) is 0 Å². The van der Waals surface area contributed by atoms with Crippen LogP contribution in [0.3, 0.4) is 0 Å². The first-order chi connectivity index (χ1) is 9.13. The standard InChI is InChI=1S/C12H15FN2O4/c13-12-9(2-1-3-11(12)15(17)18)6-14-4-5-19-8-10(14)7-16/h1-3,10,16H,4-8H2. The fourth-order valence-electron chi connectivity index (χ4n) is 2.11. The van der Waals surface area contributed by atoms with E-state index in [0.717, 1.165) is 6.07 Å². The molecule has 104 valence electrons. The van der Waals surface area contributed by atoms with Gasteiger partial charge in [-0.1, -0.05) is 12.1 Å². The van der Waals surface area contributed by atoms with Crippen LogP contribution in [0.25, 0.3) is 0 Å². The number of benzene rings is 1. The van der Waals surface area contributed by atoms with Crippen molar-refractivity contribution in [3.05, 3.63) is 39.7 Å². The minimum absolute atomic E-state index is 0.0868. The number of ether oxygens (including phenoxy) is 1. The molecule has 1 aromatic rings. The van der Waals surface area contributed by atoms with Gasteiger partial charge < -0.3 is 9.84 Å². The molecule has 1 unspecified atom stereocenters. The zero-order valence-corrected chi connectivity index (χ0v) is 10.3. The molecule has 19 heavy (non-hydrogen) atoms. The first-order valence-electron chi connectivity index (χ1n) is 5.98. The molecule has 1 saturated heterocycles. The van der Waals surface area contributed by atoms with E-state index < -0.39 is 16.4 Å². The number of aliphatic hydroxyl groups is 1. The van der Waals surface area contributed by atoms with E-state index in [9.17, 15) is 19.6 Å². The first kappa shape index (κ1) is 13.9. The number of morpholine rings is 1. The van der Waals surface area contributed by atoms with Gasteiger partial charge in [0.25, 0.3) is 0 Å². The van der Waals surface area contributed by atoms with E-state index in [1.165, 1.54) is 12.1 Å². The van der Waals surface area contributed by atoms with Crippen LogP contribution < -0.4 is 0 Å². The molecule has 2 rings (SSSR count). The average molecular weight is 270 g/mol. The third-order valence-electron chi connectivity index (χ3n) is 3.19. The highest BCUT2D eigenvalue weighted by Crippen LogP contribution is 2.22. The zero-order valence-electron chi connectivity index (χ0n) is 10.3. The maximum absolute atomic E-state index is 13.9. The van der Waals surface area contributed by atoms with E-state index >= 15 is 0 Å². The molecule has 0 bridgehead atoms. The Morgan fingerprint density at radius 1 is 1.58 bits per heavy atom.